The summed E-state index contributed by atoms with van der Waals surface area (Å²) in [7, 11) is 0. The van der Waals surface area contributed by atoms with E-state index in [-0.39, 0.29) is 5.70 Å². The Morgan fingerprint density at radius 1 is 1.29 bits per heavy atom. The van der Waals surface area contributed by atoms with Gasteiger partial charge in [0.1, 0.15) is 5.70 Å². The zero-order valence-corrected chi connectivity index (χ0v) is 8.74. The zero-order chi connectivity index (χ0) is 10.1. The van der Waals surface area contributed by atoms with Gasteiger partial charge in [0, 0.05) is 10.0 Å². The monoisotopic (exact) mass is 251 g/mol. The van der Waals surface area contributed by atoms with E-state index < -0.39 is 5.97 Å². The number of nitrogens with zero attached hydrogens (tertiary/aromatic N) is 1. The van der Waals surface area contributed by atoms with Gasteiger partial charge in [0.15, 0.2) is 0 Å². The number of halogens is 1. The van der Waals surface area contributed by atoms with Gasteiger partial charge >= 0.3 is 5.97 Å². The standard InChI is InChI=1S/C10H6BrNO2/c1-6-10(13)14-9(12-6)7-2-4-8(11)5-3-7/h2-5H,1H2. The lowest BCUT2D eigenvalue weighted by Gasteiger charge is -1.98. The molecule has 0 saturated carbocycles. The molecule has 0 fully saturated rings. The van der Waals surface area contributed by atoms with Gasteiger partial charge in [-0.05, 0) is 24.3 Å². The third-order valence-electron chi connectivity index (χ3n) is 1.75. The number of rotatable bonds is 1. The van der Waals surface area contributed by atoms with Gasteiger partial charge in [0.2, 0.25) is 5.90 Å². The molecule has 0 aromatic heterocycles. The maximum Gasteiger partial charge on any atom is 0.363 e. The van der Waals surface area contributed by atoms with E-state index in [1.165, 1.54) is 0 Å². The molecule has 14 heavy (non-hydrogen) atoms. The highest BCUT2D eigenvalue weighted by Gasteiger charge is 2.21. The van der Waals surface area contributed by atoms with Crippen molar-refractivity contribution in [2.75, 3.05) is 0 Å². The zero-order valence-electron chi connectivity index (χ0n) is 7.16. The molecule has 0 atom stereocenters. The third kappa shape index (κ3) is 1.61. The molecule has 0 N–H and O–H groups in total. The molecule has 0 spiro atoms. The molecule has 0 amide bonds. The fraction of sp³-hybridized carbons (Fsp3) is 0. The second-order valence-electron chi connectivity index (χ2n) is 2.76. The van der Waals surface area contributed by atoms with Crippen LogP contribution in [0.4, 0.5) is 0 Å². The van der Waals surface area contributed by atoms with Crippen LogP contribution >= 0.6 is 15.9 Å². The molecule has 1 heterocycles. The molecule has 2 rings (SSSR count). The Morgan fingerprint density at radius 3 is 2.43 bits per heavy atom. The van der Waals surface area contributed by atoms with Gasteiger partial charge in [0.05, 0.1) is 0 Å². The predicted molar refractivity (Wildman–Crippen MR) is 55.9 cm³/mol. The number of hydrogen-bond acceptors (Lipinski definition) is 3. The van der Waals surface area contributed by atoms with Crippen LogP contribution < -0.4 is 0 Å². The highest BCUT2D eigenvalue weighted by Crippen LogP contribution is 2.16. The molecule has 1 aromatic rings. The Morgan fingerprint density at radius 2 is 1.93 bits per heavy atom. The van der Waals surface area contributed by atoms with E-state index in [2.05, 4.69) is 27.5 Å². The normalized spacial score (nSPS) is 15.4. The number of benzene rings is 1. The molecule has 1 aliphatic rings. The first kappa shape index (κ1) is 9.15. The minimum absolute atomic E-state index is 0.142. The minimum Gasteiger partial charge on any atom is -0.402 e. The SMILES string of the molecule is C=C1N=C(c2ccc(Br)cc2)OC1=O. The Bertz CT molecular complexity index is 434. The summed E-state index contributed by atoms with van der Waals surface area (Å²) < 4.78 is 5.86. The Labute approximate surface area is 89.2 Å². The highest BCUT2D eigenvalue weighted by molar-refractivity contribution is 9.10. The second-order valence-corrected chi connectivity index (χ2v) is 3.68. The fourth-order valence-electron chi connectivity index (χ4n) is 1.05. The van der Waals surface area contributed by atoms with Gasteiger partial charge in [-0.2, -0.15) is 0 Å². The Hall–Kier alpha value is -1.42. The van der Waals surface area contributed by atoms with Crippen molar-refractivity contribution < 1.29 is 9.53 Å². The van der Waals surface area contributed by atoms with Crippen LogP contribution in [0.2, 0.25) is 0 Å². The van der Waals surface area contributed by atoms with Crippen LogP contribution in [-0.4, -0.2) is 11.9 Å². The van der Waals surface area contributed by atoms with Crippen LogP contribution in [-0.2, 0) is 9.53 Å². The molecule has 1 aliphatic heterocycles. The molecule has 4 heteroatoms. The van der Waals surface area contributed by atoms with Crippen molar-refractivity contribution in [2.45, 2.75) is 0 Å². The summed E-state index contributed by atoms with van der Waals surface area (Å²) in [4.78, 5) is 14.9. The van der Waals surface area contributed by atoms with Crippen LogP contribution in [0.1, 0.15) is 5.56 Å². The summed E-state index contributed by atoms with van der Waals surface area (Å²) in [6, 6.07) is 7.34. The number of carbonyl (C=O) groups excluding carboxylic acids is 1. The van der Waals surface area contributed by atoms with Crippen LogP contribution in [0.3, 0.4) is 0 Å². The largest absolute Gasteiger partial charge is 0.402 e. The molecular weight excluding hydrogens is 246 g/mol. The lowest BCUT2D eigenvalue weighted by Crippen LogP contribution is -2.04. The van der Waals surface area contributed by atoms with E-state index in [4.69, 9.17) is 4.74 Å². The van der Waals surface area contributed by atoms with Gasteiger partial charge < -0.3 is 4.74 Å². The summed E-state index contributed by atoms with van der Waals surface area (Å²) in [5.74, 6) is -0.171. The topological polar surface area (TPSA) is 38.7 Å². The average molecular weight is 252 g/mol. The molecule has 0 bridgehead atoms. The van der Waals surface area contributed by atoms with Crippen molar-refractivity contribution in [2.24, 2.45) is 4.99 Å². The summed E-state index contributed by atoms with van der Waals surface area (Å²) in [5.41, 5.74) is 0.906. The molecular formula is C10H6BrNO2. The van der Waals surface area contributed by atoms with Crippen molar-refractivity contribution in [1.82, 2.24) is 0 Å². The first-order valence-electron chi connectivity index (χ1n) is 3.92. The van der Waals surface area contributed by atoms with E-state index in [0.717, 1.165) is 10.0 Å². The molecule has 0 saturated heterocycles. The molecule has 3 nitrogen and oxygen atoms in total. The van der Waals surface area contributed by atoms with Crippen molar-refractivity contribution in [3.63, 3.8) is 0 Å². The summed E-state index contributed by atoms with van der Waals surface area (Å²) in [6.45, 7) is 3.46. The van der Waals surface area contributed by atoms with E-state index in [1.807, 2.05) is 24.3 Å². The number of hydrogen-bond donors (Lipinski definition) is 0. The first-order chi connectivity index (χ1) is 6.66. The maximum absolute atomic E-state index is 11.0. The average Bonchev–Trinajstić information content (AvgIpc) is 2.48. The lowest BCUT2D eigenvalue weighted by atomic mass is 10.2. The number of carbonyl (C=O) groups is 1. The van der Waals surface area contributed by atoms with Crippen molar-refractivity contribution in [3.05, 3.63) is 46.6 Å². The van der Waals surface area contributed by atoms with Crippen LogP contribution in [0, 0.1) is 0 Å². The van der Waals surface area contributed by atoms with Gasteiger partial charge in [-0.1, -0.05) is 22.5 Å². The van der Waals surface area contributed by atoms with Crippen LogP contribution in [0.5, 0.6) is 0 Å². The summed E-state index contributed by atoms with van der Waals surface area (Å²) in [6.07, 6.45) is 0. The van der Waals surface area contributed by atoms with Crippen molar-refractivity contribution in [1.29, 1.82) is 0 Å². The molecule has 70 valence electrons. The number of ether oxygens (including phenoxy) is 1. The third-order valence-corrected chi connectivity index (χ3v) is 2.28. The van der Waals surface area contributed by atoms with Crippen LogP contribution in [0.25, 0.3) is 0 Å². The molecule has 1 aromatic carbocycles. The fourth-order valence-corrected chi connectivity index (χ4v) is 1.32. The number of aliphatic imine (C=N–C) groups is 1. The van der Waals surface area contributed by atoms with E-state index in [1.54, 1.807) is 0 Å². The first-order valence-corrected chi connectivity index (χ1v) is 4.72. The highest BCUT2D eigenvalue weighted by atomic mass is 79.9. The van der Waals surface area contributed by atoms with Gasteiger partial charge in [0.25, 0.3) is 0 Å². The predicted octanol–water partition coefficient (Wildman–Crippen LogP) is 2.27. The van der Waals surface area contributed by atoms with Gasteiger partial charge in [-0.25, -0.2) is 9.79 Å². The maximum atomic E-state index is 11.0. The smallest absolute Gasteiger partial charge is 0.363 e. The molecule has 0 radical (unpaired) electrons. The van der Waals surface area contributed by atoms with Gasteiger partial charge in [-0.3, -0.25) is 0 Å². The quantitative estimate of drug-likeness (QED) is 0.568. The van der Waals surface area contributed by atoms with Crippen molar-refractivity contribution >= 4 is 27.8 Å². The molecule has 0 unspecified atom stereocenters. The van der Waals surface area contributed by atoms with E-state index in [9.17, 15) is 4.79 Å². The molecule has 0 aliphatic carbocycles. The van der Waals surface area contributed by atoms with E-state index >= 15 is 0 Å². The van der Waals surface area contributed by atoms with Crippen LogP contribution in [0.15, 0.2) is 46.0 Å². The summed E-state index contributed by atoms with van der Waals surface area (Å²) >= 11 is 3.31. The number of esters is 1. The number of cyclic esters (lactones) is 1. The van der Waals surface area contributed by atoms with Crippen molar-refractivity contribution in [3.8, 4) is 0 Å². The second kappa shape index (κ2) is 3.38. The lowest BCUT2D eigenvalue weighted by molar-refractivity contribution is -0.129. The minimum atomic E-state index is -0.483. The Kier molecular flexibility index (Phi) is 2.21. The van der Waals surface area contributed by atoms with E-state index in [0.29, 0.717) is 5.90 Å². The Balaban J connectivity index is 2.34. The summed E-state index contributed by atoms with van der Waals surface area (Å²) in [5, 5.41) is 0. The van der Waals surface area contributed by atoms with Gasteiger partial charge in [-0.15, -0.1) is 0 Å².